The van der Waals surface area contributed by atoms with Crippen LogP contribution in [-0.2, 0) is 0 Å². The van der Waals surface area contributed by atoms with Crippen LogP contribution in [0, 0.1) is 6.42 Å². The van der Waals surface area contributed by atoms with Gasteiger partial charge in [-0.25, -0.2) is 0 Å². The van der Waals surface area contributed by atoms with E-state index in [-0.39, 0.29) is 5.91 Å². The van der Waals surface area contributed by atoms with Gasteiger partial charge in [-0.2, -0.15) is 5.10 Å². The summed E-state index contributed by atoms with van der Waals surface area (Å²) in [6.07, 6.45) is 7.44. The number of hydrogen-bond donors (Lipinski definition) is 1. The van der Waals surface area contributed by atoms with Crippen LogP contribution >= 0.6 is 0 Å². The van der Waals surface area contributed by atoms with Crippen molar-refractivity contribution in [1.29, 1.82) is 0 Å². The van der Waals surface area contributed by atoms with Crippen molar-refractivity contribution >= 4 is 5.91 Å². The van der Waals surface area contributed by atoms with E-state index >= 15 is 0 Å². The molecule has 1 saturated heterocycles. The summed E-state index contributed by atoms with van der Waals surface area (Å²) in [6, 6.07) is 0. The van der Waals surface area contributed by atoms with Gasteiger partial charge in [0.05, 0.1) is 11.8 Å². The van der Waals surface area contributed by atoms with Gasteiger partial charge >= 0.3 is 0 Å². The minimum absolute atomic E-state index is 0.0850. The van der Waals surface area contributed by atoms with Gasteiger partial charge < -0.3 is 4.90 Å². The number of likely N-dealkylation sites (tertiary alicyclic amines) is 1. The van der Waals surface area contributed by atoms with Gasteiger partial charge in [-0.05, 0) is 19.3 Å². The normalized spacial score (nSPS) is 17.4. The monoisotopic (exact) mass is 178 g/mol. The maximum Gasteiger partial charge on any atom is 0.257 e. The molecule has 0 spiro atoms. The van der Waals surface area contributed by atoms with Crippen molar-refractivity contribution in [1.82, 2.24) is 15.1 Å². The Balaban J connectivity index is 2.04. The first kappa shape index (κ1) is 8.29. The number of nitrogens with one attached hydrogen (secondary N) is 1. The Morgan fingerprint density at radius 2 is 2.23 bits per heavy atom. The van der Waals surface area contributed by atoms with Gasteiger partial charge in [0.15, 0.2) is 0 Å². The second kappa shape index (κ2) is 3.60. The number of aromatic amines is 1. The van der Waals surface area contributed by atoms with Crippen LogP contribution in [0.2, 0.25) is 0 Å². The van der Waals surface area contributed by atoms with E-state index < -0.39 is 0 Å². The van der Waals surface area contributed by atoms with Crippen molar-refractivity contribution in [2.75, 3.05) is 13.1 Å². The predicted octanol–water partition coefficient (Wildman–Crippen LogP) is 0.850. The number of H-pyrrole nitrogens is 1. The smallest absolute Gasteiger partial charge is 0.257 e. The fourth-order valence-corrected chi connectivity index (χ4v) is 1.50. The molecule has 4 heteroatoms. The summed E-state index contributed by atoms with van der Waals surface area (Å²) < 4.78 is 0. The maximum atomic E-state index is 11.7. The Morgan fingerprint density at radius 3 is 2.85 bits per heavy atom. The Kier molecular flexibility index (Phi) is 2.29. The molecule has 69 valence electrons. The lowest BCUT2D eigenvalue weighted by atomic mass is 10.1. The molecule has 1 aromatic rings. The molecular weight excluding hydrogens is 166 g/mol. The molecule has 2 heterocycles. The average molecular weight is 178 g/mol. The van der Waals surface area contributed by atoms with Crippen LogP contribution in [0.4, 0.5) is 0 Å². The van der Waals surface area contributed by atoms with E-state index in [1.165, 1.54) is 0 Å². The van der Waals surface area contributed by atoms with Crippen LogP contribution in [0.5, 0.6) is 0 Å². The fraction of sp³-hybridized carbons (Fsp3) is 0.444. The minimum Gasteiger partial charge on any atom is -0.339 e. The standard InChI is InChI=1S/C9H12N3O/c13-9(8-6-10-11-7-8)12-4-2-1-3-5-12/h1,6-7H,2-5H2,(H,10,11). The summed E-state index contributed by atoms with van der Waals surface area (Å²) >= 11 is 0. The number of aromatic nitrogens is 2. The zero-order valence-electron chi connectivity index (χ0n) is 7.36. The molecule has 1 aromatic heterocycles. The molecule has 0 bridgehead atoms. The summed E-state index contributed by atoms with van der Waals surface area (Å²) in [7, 11) is 0. The number of piperidine rings is 1. The first-order valence-corrected chi connectivity index (χ1v) is 4.47. The van der Waals surface area contributed by atoms with E-state index in [0.29, 0.717) is 5.56 Å². The number of hydrogen-bond acceptors (Lipinski definition) is 2. The summed E-state index contributed by atoms with van der Waals surface area (Å²) in [5.74, 6) is 0.0850. The zero-order chi connectivity index (χ0) is 9.10. The topological polar surface area (TPSA) is 49.0 Å². The molecule has 1 aliphatic heterocycles. The second-order valence-electron chi connectivity index (χ2n) is 3.15. The van der Waals surface area contributed by atoms with Gasteiger partial charge in [-0.3, -0.25) is 9.89 Å². The third kappa shape index (κ3) is 1.71. The number of nitrogens with zero attached hydrogens (tertiary/aromatic N) is 2. The van der Waals surface area contributed by atoms with Gasteiger partial charge in [0.25, 0.3) is 5.91 Å². The van der Waals surface area contributed by atoms with Crippen LogP contribution in [0.1, 0.15) is 23.2 Å². The van der Waals surface area contributed by atoms with Crippen molar-refractivity contribution in [2.24, 2.45) is 0 Å². The van der Waals surface area contributed by atoms with Crippen molar-refractivity contribution < 1.29 is 4.79 Å². The summed E-state index contributed by atoms with van der Waals surface area (Å²) in [5.41, 5.74) is 0.655. The van der Waals surface area contributed by atoms with Gasteiger partial charge in [0, 0.05) is 19.3 Å². The largest absolute Gasteiger partial charge is 0.339 e. The minimum atomic E-state index is 0.0850. The summed E-state index contributed by atoms with van der Waals surface area (Å²) in [4.78, 5) is 13.6. The third-order valence-electron chi connectivity index (χ3n) is 2.24. The van der Waals surface area contributed by atoms with Crippen LogP contribution in [-0.4, -0.2) is 34.1 Å². The maximum absolute atomic E-state index is 11.7. The number of carbonyl (C=O) groups excluding carboxylic acids is 1. The van der Waals surface area contributed by atoms with Crippen LogP contribution in [0.15, 0.2) is 12.4 Å². The molecule has 1 radical (unpaired) electrons. The van der Waals surface area contributed by atoms with E-state index in [1.807, 2.05) is 4.90 Å². The lowest BCUT2D eigenvalue weighted by Gasteiger charge is -2.25. The molecular formula is C9H12N3O. The van der Waals surface area contributed by atoms with Gasteiger partial charge in [0.2, 0.25) is 0 Å². The fourth-order valence-electron chi connectivity index (χ4n) is 1.50. The second-order valence-corrected chi connectivity index (χ2v) is 3.15. The van der Waals surface area contributed by atoms with E-state index in [9.17, 15) is 4.79 Å². The molecule has 0 saturated carbocycles. The molecule has 0 aromatic carbocycles. The number of rotatable bonds is 1. The molecule has 1 N–H and O–H groups in total. The molecule has 1 amide bonds. The highest BCUT2D eigenvalue weighted by atomic mass is 16.2. The number of carbonyl (C=O) groups is 1. The molecule has 0 unspecified atom stereocenters. The van der Waals surface area contributed by atoms with E-state index in [0.717, 1.165) is 25.9 Å². The Labute approximate surface area is 76.9 Å². The molecule has 0 aliphatic carbocycles. The molecule has 2 rings (SSSR count). The molecule has 1 fully saturated rings. The van der Waals surface area contributed by atoms with E-state index in [2.05, 4.69) is 16.6 Å². The van der Waals surface area contributed by atoms with Crippen LogP contribution in [0.3, 0.4) is 0 Å². The molecule has 13 heavy (non-hydrogen) atoms. The van der Waals surface area contributed by atoms with Gasteiger partial charge in [0.1, 0.15) is 0 Å². The first-order chi connectivity index (χ1) is 6.38. The van der Waals surface area contributed by atoms with Crippen LogP contribution in [0.25, 0.3) is 0 Å². The highest BCUT2D eigenvalue weighted by Crippen LogP contribution is 2.11. The summed E-state index contributed by atoms with van der Waals surface area (Å²) in [6.45, 7) is 1.67. The zero-order valence-corrected chi connectivity index (χ0v) is 7.36. The highest BCUT2D eigenvalue weighted by Gasteiger charge is 2.18. The van der Waals surface area contributed by atoms with Crippen molar-refractivity contribution in [3.8, 4) is 0 Å². The summed E-state index contributed by atoms with van der Waals surface area (Å²) in [5, 5.41) is 6.40. The van der Waals surface area contributed by atoms with Crippen molar-refractivity contribution in [3.05, 3.63) is 24.4 Å². The number of amides is 1. The van der Waals surface area contributed by atoms with Gasteiger partial charge in [-0.15, -0.1) is 0 Å². The Bertz CT molecular complexity index is 275. The molecule has 0 atom stereocenters. The van der Waals surface area contributed by atoms with Crippen molar-refractivity contribution in [3.63, 3.8) is 0 Å². The molecule has 1 aliphatic rings. The first-order valence-electron chi connectivity index (χ1n) is 4.47. The van der Waals surface area contributed by atoms with Crippen LogP contribution < -0.4 is 0 Å². The molecule has 4 nitrogen and oxygen atoms in total. The SMILES string of the molecule is O=C(c1cn[nH]c1)N1CC[CH]CC1. The third-order valence-corrected chi connectivity index (χ3v) is 2.24. The Morgan fingerprint density at radius 1 is 1.46 bits per heavy atom. The lowest BCUT2D eigenvalue weighted by molar-refractivity contribution is 0.0742. The van der Waals surface area contributed by atoms with E-state index in [1.54, 1.807) is 12.4 Å². The Hall–Kier alpha value is -1.32. The quantitative estimate of drug-likeness (QED) is 0.693. The lowest BCUT2D eigenvalue weighted by Crippen LogP contribution is -2.35. The predicted molar refractivity (Wildman–Crippen MR) is 48.0 cm³/mol. The van der Waals surface area contributed by atoms with Gasteiger partial charge in [-0.1, -0.05) is 0 Å². The van der Waals surface area contributed by atoms with Crippen molar-refractivity contribution in [2.45, 2.75) is 12.8 Å². The highest BCUT2D eigenvalue weighted by molar-refractivity contribution is 5.93. The average Bonchev–Trinajstić information content (AvgIpc) is 2.71. The van der Waals surface area contributed by atoms with E-state index in [4.69, 9.17) is 0 Å².